The van der Waals surface area contributed by atoms with E-state index in [0.29, 0.717) is 29.7 Å². The van der Waals surface area contributed by atoms with Crippen molar-refractivity contribution in [1.29, 1.82) is 0 Å². The van der Waals surface area contributed by atoms with E-state index in [4.69, 9.17) is 11.6 Å². The summed E-state index contributed by atoms with van der Waals surface area (Å²) >= 11 is 6.03. The van der Waals surface area contributed by atoms with Crippen molar-refractivity contribution >= 4 is 23.4 Å². The normalized spacial score (nSPS) is 22.3. The van der Waals surface area contributed by atoms with Crippen molar-refractivity contribution in [3.05, 3.63) is 70.7 Å². The summed E-state index contributed by atoms with van der Waals surface area (Å²) in [7, 11) is 0. The summed E-state index contributed by atoms with van der Waals surface area (Å²) in [5.74, 6) is -0.225. The largest absolute Gasteiger partial charge is 0.353 e. The highest BCUT2D eigenvalue weighted by atomic mass is 35.5. The van der Waals surface area contributed by atoms with Crippen molar-refractivity contribution < 1.29 is 9.59 Å². The molecular weight excluding hydrogens is 348 g/mol. The fourth-order valence-electron chi connectivity index (χ4n) is 3.61. The van der Waals surface area contributed by atoms with E-state index >= 15 is 0 Å². The quantitative estimate of drug-likeness (QED) is 0.898. The van der Waals surface area contributed by atoms with Crippen LogP contribution in [0, 0.1) is 5.92 Å². The van der Waals surface area contributed by atoms with Crippen LogP contribution < -0.4 is 5.32 Å². The molecule has 2 amide bonds. The number of benzene rings is 2. The molecule has 0 aromatic heterocycles. The summed E-state index contributed by atoms with van der Waals surface area (Å²) in [6.45, 7) is 0.974. The molecule has 4 nitrogen and oxygen atoms in total. The lowest BCUT2D eigenvalue weighted by molar-refractivity contribution is -0.125. The van der Waals surface area contributed by atoms with E-state index in [0.717, 1.165) is 18.4 Å². The molecule has 0 radical (unpaired) electrons. The minimum atomic E-state index is -0.221. The Labute approximate surface area is 158 Å². The van der Waals surface area contributed by atoms with Gasteiger partial charge in [-0.25, -0.2) is 0 Å². The van der Waals surface area contributed by atoms with Crippen LogP contribution in [0.1, 0.15) is 34.7 Å². The standard InChI is InChI=1S/C21H21ClN2O2/c22-16-8-4-7-15(11-16)21(26)24-12-18(14-5-2-1-3-6-14)19(13-24)20(25)23-17-9-10-17/h1-8,11,17-19H,9-10,12-13H2,(H,23,25). The van der Waals surface area contributed by atoms with E-state index in [1.54, 1.807) is 29.2 Å². The van der Waals surface area contributed by atoms with E-state index in [9.17, 15) is 9.59 Å². The van der Waals surface area contributed by atoms with Gasteiger partial charge in [0, 0.05) is 35.6 Å². The summed E-state index contributed by atoms with van der Waals surface area (Å²) in [5.41, 5.74) is 1.66. The lowest BCUT2D eigenvalue weighted by Crippen LogP contribution is -2.36. The van der Waals surface area contributed by atoms with Gasteiger partial charge < -0.3 is 10.2 Å². The van der Waals surface area contributed by atoms with Crippen LogP contribution in [-0.2, 0) is 4.79 Å². The summed E-state index contributed by atoms with van der Waals surface area (Å²) in [6.07, 6.45) is 2.11. The number of carbonyl (C=O) groups excluding carboxylic acids is 2. The topological polar surface area (TPSA) is 49.4 Å². The van der Waals surface area contributed by atoms with Gasteiger partial charge in [-0.3, -0.25) is 9.59 Å². The third-order valence-electron chi connectivity index (χ3n) is 5.17. The SMILES string of the molecule is O=C(NC1CC1)C1CN(C(=O)c2cccc(Cl)c2)CC1c1ccccc1. The van der Waals surface area contributed by atoms with Crippen LogP contribution >= 0.6 is 11.6 Å². The highest BCUT2D eigenvalue weighted by Gasteiger charge is 2.41. The van der Waals surface area contributed by atoms with Crippen LogP contribution in [0.4, 0.5) is 0 Å². The maximum Gasteiger partial charge on any atom is 0.253 e. The molecule has 2 unspecified atom stereocenters. The number of hydrogen-bond acceptors (Lipinski definition) is 2. The first kappa shape index (κ1) is 17.1. The van der Waals surface area contributed by atoms with Crippen molar-refractivity contribution in [2.24, 2.45) is 5.92 Å². The molecule has 1 saturated heterocycles. The molecule has 0 bridgehead atoms. The Kier molecular flexibility index (Phi) is 4.68. The molecule has 134 valence electrons. The minimum absolute atomic E-state index is 0.0121. The van der Waals surface area contributed by atoms with Gasteiger partial charge in [0.05, 0.1) is 5.92 Å². The predicted molar refractivity (Wildman–Crippen MR) is 101 cm³/mol. The van der Waals surface area contributed by atoms with E-state index in [2.05, 4.69) is 5.32 Å². The molecule has 0 spiro atoms. The van der Waals surface area contributed by atoms with Crippen molar-refractivity contribution in [3.63, 3.8) is 0 Å². The number of amides is 2. The number of nitrogens with zero attached hydrogens (tertiary/aromatic N) is 1. The van der Waals surface area contributed by atoms with Gasteiger partial charge in [-0.15, -0.1) is 0 Å². The van der Waals surface area contributed by atoms with Crippen molar-refractivity contribution in [3.8, 4) is 0 Å². The molecule has 1 N–H and O–H groups in total. The first-order chi connectivity index (χ1) is 12.6. The number of nitrogens with one attached hydrogen (secondary N) is 1. The molecule has 4 rings (SSSR count). The average molecular weight is 369 g/mol. The molecule has 1 aliphatic carbocycles. The molecule has 2 aromatic rings. The van der Waals surface area contributed by atoms with E-state index in [1.165, 1.54) is 0 Å². The maximum atomic E-state index is 12.9. The second kappa shape index (κ2) is 7.12. The fraction of sp³-hybridized carbons (Fsp3) is 0.333. The van der Waals surface area contributed by atoms with Gasteiger partial charge in [0.25, 0.3) is 5.91 Å². The monoisotopic (exact) mass is 368 g/mol. The van der Waals surface area contributed by atoms with Gasteiger partial charge in [0.2, 0.25) is 5.91 Å². The first-order valence-electron chi connectivity index (χ1n) is 9.02. The van der Waals surface area contributed by atoms with Crippen LogP contribution in [0.15, 0.2) is 54.6 Å². The summed E-state index contributed by atoms with van der Waals surface area (Å²) in [5, 5.41) is 3.65. The Hall–Kier alpha value is -2.33. The van der Waals surface area contributed by atoms with Gasteiger partial charge in [-0.1, -0.05) is 48.0 Å². The molecule has 2 aliphatic rings. The molecule has 26 heavy (non-hydrogen) atoms. The van der Waals surface area contributed by atoms with Crippen molar-refractivity contribution in [2.45, 2.75) is 24.8 Å². The molecule has 2 aromatic carbocycles. The Morgan fingerprint density at radius 1 is 1.00 bits per heavy atom. The predicted octanol–water partition coefficient (Wildman–Crippen LogP) is 3.47. The molecule has 1 heterocycles. The first-order valence-corrected chi connectivity index (χ1v) is 9.40. The number of hydrogen-bond donors (Lipinski definition) is 1. The second-order valence-corrected chi connectivity index (χ2v) is 7.56. The molecule has 1 aliphatic heterocycles. The van der Waals surface area contributed by atoms with Crippen LogP contribution in [0.3, 0.4) is 0 Å². The Balaban J connectivity index is 1.58. The van der Waals surface area contributed by atoms with Crippen molar-refractivity contribution in [1.82, 2.24) is 10.2 Å². The Morgan fingerprint density at radius 2 is 1.77 bits per heavy atom. The van der Waals surface area contributed by atoms with Gasteiger partial charge in [-0.05, 0) is 36.6 Å². The highest BCUT2D eigenvalue weighted by Crippen LogP contribution is 2.34. The van der Waals surface area contributed by atoms with Gasteiger partial charge in [0.1, 0.15) is 0 Å². The maximum absolute atomic E-state index is 12.9. The average Bonchev–Trinajstić information content (AvgIpc) is 3.35. The van der Waals surface area contributed by atoms with Crippen LogP contribution in [-0.4, -0.2) is 35.8 Å². The van der Waals surface area contributed by atoms with Crippen LogP contribution in [0.5, 0.6) is 0 Å². The molecule has 2 atom stereocenters. The van der Waals surface area contributed by atoms with Gasteiger partial charge in [-0.2, -0.15) is 0 Å². The molecular formula is C21H21ClN2O2. The van der Waals surface area contributed by atoms with E-state index < -0.39 is 0 Å². The summed E-state index contributed by atoms with van der Waals surface area (Å²) in [4.78, 5) is 27.5. The van der Waals surface area contributed by atoms with Gasteiger partial charge >= 0.3 is 0 Å². The number of rotatable bonds is 4. The lowest BCUT2D eigenvalue weighted by Gasteiger charge is -2.17. The third-order valence-corrected chi connectivity index (χ3v) is 5.40. The fourth-order valence-corrected chi connectivity index (χ4v) is 3.80. The summed E-state index contributed by atoms with van der Waals surface area (Å²) in [6, 6.07) is 17.3. The van der Waals surface area contributed by atoms with Crippen molar-refractivity contribution in [2.75, 3.05) is 13.1 Å². The zero-order valence-electron chi connectivity index (χ0n) is 14.4. The van der Waals surface area contributed by atoms with Crippen LogP contribution in [0.25, 0.3) is 0 Å². The number of carbonyl (C=O) groups is 2. The lowest BCUT2D eigenvalue weighted by atomic mass is 9.88. The number of likely N-dealkylation sites (tertiary alicyclic amines) is 1. The summed E-state index contributed by atoms with van der Waals surface area (Å²) < 4.78 is 0. The highest BCUT2D eigenvalue weighted by molar-refractivity contribution is 6.30. The smallest absolute Gasteiger partial charge is 0.253 e. The van der Waals surface area contributed by atoms with E-state index in [1.807, 2.05) is 30.3 Å². The third kappa shape index (κ3) is 3.61. The van der Waals surface area contributed by atoms with Crippen LogP contribution in [0.2, 0.25) is 5.02 Å². The number of halogens is 1. The Morgan fingerprint density at radius 3 is 2.46 bits per heavy atom. The minimum Gasteiger partial charge on any atom is -0.353 e. The zero-order chi connectivity index (χ0) is 18.1. The van der Waals surface area contributed by atoms with E-state index in [-0.39, 0.29) is 23.7 Å². The zero-order valence-corrected chi connectivity index (χ0v) is 15.2. The molecule has 2 fully saturated rings. The second-order valence-electron chi connectivity index (χ2n) is 7.13. The molecule has 1 saturated carbocycles. The van der Waals surface area contributed by atoms with Gasteiger partial charge in [0.15, 0.2) is 0 Å². The molecule has 5 heteroatoms. The Bertz CT molecular complexity index is 820.